The van der Waals surface area contributed by atoms with E-state index in [0.29, 0.717) is 25.1 Å². The monoisotopic (exact) mass is 499 g/mol. The Morgan fingerprint density at radius 1 is 1.00 bits per heavy atom. The number of benzene rings is 1. The highest BCUT2D eigenvalue weighted by Gasteiger charge is 2.37. The lowest BCUT2D eigenvalue weighted by molar-refractivity contribution is -0.155. The van der Waals surface area contributed by atoms with Gasteiger partial charge in [0.2, 0.25) is 0 Å². The van der Waals surface area contributed by atoms with Gasteiger partial charge < -0.3 is 14.8 Å². The Morgan fingerprint density at radius 3 is 1.91 bits per heavy atom. The molecule has 0 radical (unpaired) electrons. The molecule has 0 spiro atoms. The van der Waals surface area contributed by atoms with Crippen LogP contribution in [0.15, 0.2) is 54.4 Å². The smallest absolute Gasteiger partial charge is 0.353 e. The SMILES string of the molecule is CCO[C@H](C)OC(C)c1cc(C(F)(F)F)cc(C(F)(F)F)c1.C\C=C/C(=C\C=C\F)[C@@H](C)NC. The molecule has 3 atom stereocenters. The van der Waals surface area contributed by atoms with Crippen molar-refractivity contribution in [3.8, 4) is 0 Å². The highest BCUT2D eigenvalue weighted by atomic mass is 19.4. The summed E-state index contributed by atoms with van der Waals surface area (Å²) >= 11 is 0. The minimum atomic E-state index is -4.87. The van der Waals surface area contributed by atoms with Crippen LogP contribution < -0.4 is 5.32 Å². The molecule has 0 saturated heterocycles. The van der Waals surface area contributed by atoms with Gasteiger partial charge in [0, 0.05) is 12.6 Å². The molecule has 194 valence electrons. The molecule has 0 aliphatic rings. The third-order valence-corrected chi connectivity index (χ3v) is 4.53. The van der Waals surface area contributed by atoms with Gasteiger partial charge in [-0.3, -0.25) is 0 Å². The van der Waals surface area contributed by atoms with Crippen molar-refractivity contribution in [3.63, 3.8) is 0 Å². The average molecular weight is 500 g/mol. The summed E-state index contributed by atoms with van der Waals surface area (Å²) < 4.78 is 98.5. The zero-order valence-corrected chi connectivity index (χ0v) is 20.0. The number of rotatable bonds is 9. The first-order valence-corrected chi connectivity index (χ1v) is 10.5. The molecular formula is C24H32F7NO2. The van der Waals surface area contributed by atoms with Crippen LogP contribution >= 0.6 is 0 Å². The van der Waals surface area contributed by atoms with Gasteiger partial charge in [-0.1, -0.05) is 18.2 Å². The predicted octanol–water partition coefficient (Wildman–Crippen LogP) is 7.76. The van der Waals surface area contributed by atoms with E-state index in [1.165, 1.54) is 19.9 Å². The van der Waals surface area contributed by atoms with Crippen LogP contribution in [0.2, 0.25) is 0 Å². The van der Waals surface area contributed by atoms with E-state index in [1.807, 2.05) is 33.0 Å². The minimum Gasteiger partial charge on any atom is -0.353 e. The molecule has 1 N–H and O–H groups in total. The highest BCUT2D eigenvalue weighted by molar-refractivity contribution is 5.34. The summed E-state index contributed by atoms with van der Waals surface area (Å²) in [6.07, 6.45) is -3.90. The average Bonchev–Trinajstić information content (AvgIpc) is 2.75. The van der Waals surface area contributed by atoms with E-state index < -0.39 is 35.9 Å². The van der Waals surface area contributed by atoms with Gasteiger partial charge >= 0.3 is 12.4 Å². The summed E-state index contributed by atoms with van der Waals surface area (Å²) in [5, 5.41) is 3.08. The molecule has 0 aliphatic heterocycles. The van der Waals surface area contributed by atoms with Gasteiger partial charge in [-0.15, -0.1) is 0 Å². The molecule has 1 aromatic carbocycles. The summed E-state index contributed by atoms with van der Waals surface area (Å²) in [7, 11) is 1.88. The predicted molar refractivity (Wildman–Crippen MR) is 119 cm³/mol. The van der Waals surface area contributed by atoms with Crippen LogP contribution in [0.1, 0.15) is 57.4 Å². The summed E-state index contributed by atoms with van der Waals surface area (Å²) in [6, 6.07) is 1.64. The molecule has 0 bridgehead atoms. The van der Waals surface area contributed by atoms with Crippen molar-refractivity contribution >= 4 is 0 Å². The van der Waals surface area contributed by atoms with Gasteiger partial charge in [-0.25, -0.2) is 4.39 Å². The quantitative estimate of drug-likeness (QED) is 0.214. The normalized spacial score (nSPS) is 15.9. The van der Waals surface area contributed by atoms with Gasteiger partial charge in [0.25, 0.3) is 0 Å². The van der Waals surface area contributed by atoms with Crippen molar-refractivity contribution < 1.29 is 40.2 Å². The number of ether oxygens (including phenoxy) is 2. The van der Waals surface area contributed by atoms with Crippen LogP contribution in [0.5, 0.6) is 0 Å². The van der Waals surface area contributed by atoms with Crippen LogP contribution in [-0.2, 0) is 21.8 Å². The lowest BCUT2D eigenvalue weighted by Gasteiger charge is -2.21. The molecule has 0 saturated carbocycles. The van der Waals surface area contributed by atoms with Gasteiger partial charge in [-0.05, 0) is 77.1 Å². The van der Waals surface area contributed by atoms with Crippen LogP contribution in [0.25, 0.3) is 0 Å². The summed E-state index contributed by atoms with van der Waals surface area (Å²) in [5.74, 6) is 0. The Kier molecular flexibility index (Phi) is 14.0. The number of alkyl halides is 6. The zero-order valence-electron chi connectivity index (χ0n) is 20.0. The number of nitrogens with one attached hydrogen (secondary N) is 1. The number of hydrogen-bond acceptors (Lipinski definition) is 3. The molecular weight excluding hydrogens is 467 g/mol. The third kappa shape index (κ3) is 11.8. The Labute approximate surface area is 196 Å². The standard InChI is InChI=1S/C14H16F6O2.C10H16FN/c1-4-21-9(3)22-8(2)10-5-11(13(15,16)17)7-12(6-10)14(18,19)20;1-4-6-10(7-5-8-11)9(2)12-3/h5-9H,4H2,1-3H3;4-9,12H,1-3H3/b;6-4-,8-5+,10-7+/t8?,9-;9-/m01/s1. The Morgan fingerprint density at radius 2 is 1.53 bits per heavy atom. The van der Waals surface area contributed by atoms with E-state index >= 15 is 0 Å². The molecule has 34 heavy (non-hydrogen) atoms. The van der Waals surface area contributed by atoms with Gasteiger partial charge in [0.05, 0.1) is 23.6 Å². The third-order valence-electron chi connectivity index (χ3n) is 4.53. The van der Waals surface area contributed by atoms with E-state index in [2.05, 4.69) is 5.32 Å². The van der Waals surface area contributed by atoms with E-state index in [0.717, 1.165) is 5.57 Å². The molecule has 1 aromatic rings. The maximum absolute atomic E-state index is 12.7. The number of halogens is 7. The maximum Gasteiger partial charge on any atom is 0.416 e. The second kappa shape index (κ2) is 15.0. The summed E-state index contributed by atoms with van der Waals surface area (Å²) in [4.78, 5) is 0. The Bertz CT molecular complexity index is 782. The van der Waals surface area contributed by atoms with Crippen molar-refractivity contribution in [2.24, 2.45) is 0 Å². The van der Waals surface area contributed by atoms with E-state index in [4.69, 9.17) is 9.47 Å². The summed E-state index contributed by atoms with van der Waals surface area (Å²) in [6.45, 7) is 8.84. The van der Waals surface area contributed by atoms with Crippen LogP contribution in [0.3, 0.4) is 0 Å². The van der Waals surface area contributed by atoms with E-state index in [1.54, 1.807) is 13.0 Å². The number of hydrogen-bond donors (Lipinski definition) is 1. The van der Waals surface area contributed by atoms with Gasteiger partial charge in [0.1, 0.15) is 0 Å². The van der Waals surface area contributed by atoms with Crippen molar-refractivity contribution in [2.45, 2.75) is 65.4 Å². The second-order valence-corrected chi connectivity index (χ2v) is 7.14. The minimum absolute atomic E-state index is 0.0855. The molecule has 3 nitrogen and oxygen atoms in total. The zero-order chi connectivity index (χ0) is 26.5. The fourth-order valence-corrected chi connectivity index (χ4v) is 2.70. The number of likely N-dealkylation sites (N-methyl/N-ethyl adjacent to an activating group) is 1. The molecule has 0 heterocycles. The van der Waals surface area contributed by atoms with Crippen LogP contribution in [0, 0.1) is 0 Å². The van der Waals surface area contributed by atoms with Crippen molar-refractivity contribution in [1.29, 1.82) is 0 Å². The molecule has 0 fully saturated rings. The summed E-state index contributed by atoms with van der Waals surface area (Å²) in [5.41, 5.74) is -1.88. The molecule has 1 unspecified atom stereocenters. The van der Waals surface area contributed by atoms with E-state index in [9.17, 15) is 30.7 Å². The molecule has 10 heteroatoms. The first-order valence-electron chi connectivity index (χ1n) is 10.5. The molecule has 0 amide bonds. The molecule has 0 aliphatic carbocycles. The topological polar surface area (TPSA) is 30.5 Å². The van der Waals surface area contributed by atoms with Crippen molar-refractivity contribution in [2.75, 3.05) is 13.7 Å². The van der Waals surface area contributed by atoms with Gasteiger partial charge in [0.15, 0.2) is 6.29 Å². The number of allylic oxidation sites excluding steroid dienone is 3. The second-order valence-electron chi connectivity index (χ2n) is 7.14. The van der Waals surface area contributed by atoms with E-state index in [-0.39, 0.29) is 17.7 Å². The Balaban J connectivity index is 0.000000770. The largest absolute Gasteiger partial charge is 0.416 e. The molecule has 1 rings (SSSR count). The first kappa shape index (κ1) is 31.8. The maximum atomic E-state index is 12.7. The fourth-order valence-electron chi connectivity index (χ4n) is 2.70. The lowest BCUT2D eigenvalue weighted by atomic mass is 10.0. The van der Waals surface area contributed by atoms with Crippen LogP contribution in [-0.4, -0.2) is 26.0 Å². The van der Waals surface area contributed by atoms with Crippen molar-refractivity contribution in [1.82, 2.24) is 5.32 Å². The lowest BCUT2D eigenvalue weighted by Crippen LogP contribution is -2.22. The Hall–Kier alpha value is -2.17. The molecule has 0 aromatic heterocycles. The highest BCUT2D eigenvalue weighted by Crippen LogP contribution is 2.38. The first-order chi connectivity index (χ1) is 15.7. The fraction of sp³-hybridized carbons (Fsp3) is 0.500. The van der Waals surface area contributed by atoms with Crippen LogP contribution in [0.4, 0.5) is 30.7 Å². The van der Waals surface area contributed by atoms with Crippen molar-refractivity contribution in [3.05, 3.63) is 71.1 Å². The van der Waals surface area contributed by atoms with Gasteiger partial charge in [-0.2, -0.15) is 26.3 Å².